The third kappa shape index (κ3) is 6.42. The van der Waals surface area contributed by atoms with Crippen molar-refractivity contribution in [1.82, 2.24) is 29.4 Å². The summed E-state index contributed by atoms with van der Waals surface area (Å²) in [6, 6.07) is 15.1. The molecule has 262 valence electrons. The molecule has 1 unspecified atom stereocenters. The molecular weight excluding hydrogens is 655 g/mol. The van der Waals surface area contributed by atoms with E-state index in [-0.39, 0.29) is 54.3 Å². The van der Waals surface area contributed by atoms with Crippen LogP contribution in [0.25, 0.3) is 22.4 Å². The zero-order chi connectivity index (χ0) is 35.4. The number of sulfonamides is 1. The summed E-state index contributed by atoms with van der Waals surface area (Å²) in [7, 11) is -2.23. The second kappa shape index (κ2) is 12.8. The second-order valence-electron chi connectivity index (χ2n) is 14.1. The van der Waals surface area contributed by atoms with Crippen molar-refractivity contribution in [3.8, 4) is 17.1 Å². The smallest absolute Gasteiger partial charge is 0.264 e. The number of anilines is 1. The number of fused-ring (bicyclic) bond motifs is 5. The molecule has 0 radical (unpaired) electrons. The monoisotopic (exact) mass is 697 g/mol. The highest BCUT2D eigenvalue weighted by Crippen LogP contribution is 2.32. The molecule has 2 atom stereocenters. The van der Waals surface area contributed by atoms with Crippen molar-refractivity contribution in [3.63, 3.8) is 0 Å². The molecule has 0 saturated carbocycles. The largest absolute Gasteiger partial charge is 0.475 e. The van der Waals surface area contributed by atoms with Gasteiger partial charge in [-0.2, -0.15) is 4.98 Å². The fourth-order valence-corrected chi connectivity index (χ4v) is 7.92. The van der Waals surface area contributed by atoms with Crippen molar-refractivity contribution >= 4 is 33.0 Å². The minimum Gasteiger partial charge on any atom is -0.475 e. The van der Waals surface area contributed by atoms with Crippen LogP contribution in [0.15, 0.2) is 65.7 Å². The van der Waals surface area contributed by atoms with Crippen LogP contribution < -0.4 is 9.46 Å². The van der Waals surface area contributed by atoms with Crippen LogP contribution >= 0.6 is 0 Å². The van der Waals surface area contributed by atoms with E-state index in [1.54, 1.807) is 29.3 Å². The molecule has 0 spiro atoms. The molecule has 3 aromatic heterocycles. The number of carbonyl (C=O) groups is 1. The highest BCUT2D eigenvalue weighted by atomic mass is 32.2. The molecule has 0 aliphatic carbocycles. The first-order valence-electron chi connectivity index (χ1n) is 16.7. The fraction of sp³-hybridized carbons (Fsp3) is 0.378. The van der Waals surface area contributed by atoms with Gasteiger partial charge in [0.1, 0.15) is 12.1 Å². The molecule has 1 N–H and O–H groups in total. The maximum Gasteiger partial charge on any atom is 0.264 e. The average molecular weight is 698 g/mol. The predicted octanol–water partition coefficient (Wildman–Crippen LogP) is 5.97. The van der Waals surface area contributed by atoms with Crippen LogP contribution in [-0.2, 0) is 33.8 Å². The second-order valence-corrected chi connectivity index (χ2v) is 15.8. The summed E-state index contributed by atoms with van der Waals surface area (Å²) in [4.78, 5) is 35.0. The topological polar surface area (TPSA) is 141 Å². The summed E-state index contributed by atoms with van der Waals surface area (Å²) in [6.07, 6.45) is 2.90. The lowest BCUT2D eigenvalue weighted by atomic mass is 9.92. The molecule has 1 amide bonds. The summed E-state index contributed by atoms with van der Waals surface area (Å²) in [5.41, 5.74) is 6.51. The lowest BCUT2D eigenvalue weighted by Crippen LogP contribution is -2.50. The Morgan fingerprint density at radius 2 is 1.78 bits per heavy atom. The maximum atomic E-state index is 14.6. The zero-order valence-electron chi connectivity index (χ0n) is 29.1. The van der Waals surface area contributed by atoms with E-state index in [1.807, 2.05) is 49.7 Å². The Morgan fingerprint density at radius 3 is 2.50 bits per heavy atom. The van der Waals surface area contributed by atoms with Crippen LogP contribution in [0.3, 0.4) is 0 Å². The number of ether oxygens (including phenoxy) is 2. The molecule has 7 rings (SSSR count). The van der Waals surface area contributed by atoms with Gasteiger partial charge in [0.15, 0.2) is 5.65 Å². The van der Waals surface area contributed by atoms with Gasteiger partial charge in [-0.3, -0.25) is 9.78 Å². The van der Waals surface area contributed by atoms with E-state index in [4.69, 9.17) is 19.4 Å². The predicted molar refractivity (Wildman–Crippen MR) is 192 cm³/mol. The fourth-order valence-electron chi connectivity index (χ4n) is 6.93. The first kappa shape index (κ1) is 33.6. The molecule has 1 saturated heterocycles. The summed E-state index contributed by atoms with van der Waals surface area (Å²) >= 11 is 0. The van der Waals surface area contributed by atoms with Crippen LogP contribution in [0.5, 0.6) is 5.88 Å². The standard InChI is InChI=1S/C37H41N7O5S.H2/c1-22-10-7-11-23(2)33(22)27-18-32-41-36(40-27)42-50(46,47)26-13-8-12-24(16-26)35(45)44(29(21-49-32)30-14-9-15-48-30)20-25-19-38-28-17-31(37(3,4)5)43(6)34(28)39-25;/h7-8,10-13,16-19,29-30H,9,14-15,20-21H2,1-6H3,(H,40,41,42);1H/t29-,30?;/m0./s1. The van der Waals surface area contributed by atoms with Gasteiger partial charge >= 0.3 is 0 Å². The third-order valence-electron chi connectivity index (χ3n) is 9.40. The number of amides is 1. The number of hydrogen-bond donors (Lipinski definition) is 1. The summed E-state index contributed by atoms with van der Waals surface area (Å²) < 4.78 is 44.6. The number of hydrogen-bond acceptors (Lipinski definition) is 9. The highest BCUT2D eigenvalue weighted by molar-refractivity contribution is 7.92. The average Bonchev–Trinajstić information content (AvgIpc) is 3.72. The molecule has 1 fully saturated rings. The zero-order valence-corrected chi connectivity index (χ0v) is 29.9. The van der Waals surface area contributed by atoms with Crippen LogP contribution in [0.2, 0.25) is 0 Å². The van der Waals surface area contributed by atoms with E-state index in [1.165, 1.54) is 12.1 Å². The normalized spacial score (nSPS) is 19.3. The van der Waals surface area contributed by atoms with Crippen molar-refractivity contribution in [3.05, 3.63) is 88.9 Å². The molecular formula is C37H43N7O5S. The Labute approximate surface area is 293 Å². The summed E-state index contributed by atoms with van der Waals surface area (Å²) in [5, 5.41) is 0. The van der Waals surface area contributed by atoms with Gasteiger partial charge < -0.3 is 18.9 Å². The van der Waals surface area contributed by atoms with Crippen molar-refractivity contribution in [1.29, 1.82) is 0 Å². The lowest BCUT2D eigenvalue weighted by Gasteiger charge is -2.35. The van der Waals surface area contributed by atoms with Gasteiger partial charge in [0.05, 0.1) is 41.2 Å². The van der Waals surface area contributed by atoms with Crippen LogP contribution in [0.4, 0.5) is 5.95 Å². The minimum absolute atomic E-state index is 0. The van der Waals surface area contributed by atoms with Crippen molar-refractivity contribution in [2.45, 2.75) is 76.5 Å². The van der Waals surface area contributed by atoms with Crippen molar-refractivity contribution in [2.75, 3.05) is 17.9 Å². The van der Waals surface area contributed by atoms with Gasteiger partial charge in [0, 0.05) is 43.4 Å². The number of nitrogens with one attached hydrogen (secondary N) is 1. The number of aryl methyl sites for hydroxylation is 3. The number of benzene rings is 2. The van der Waals surface area contributed by atoms with Crippen LogP contribution in [-0.4, -0.2) is 69.1 Å². The lowest BCUT2D eigenvalue weighted by molar-refractivity contribution is 0.00149. The van der Waals surface area contributed by atoms with Gasteiger partial charge in [-0.25, -0.2) is 23.1 Å². The Hall–Kier alpha value is -4.88. The SMILES string of the molecule is Cc1cccc(C)c1-c1cc2nc(n1)NS(=O)(=O)c1cccc(c1)C(=O)N(Cc1cnc3cc(C(C)(C)C)n(C)c3n1)[C@H](C1CCCO1)CO2.[HH]. The Balaban J connectivity index is 0.00000448. The maximum absolute atomic E-state index is 14.6. The molecule has 4 bridgehead atoms. The van der Waals surface area contributed by atoms with E-state index in [9.17, 15) is 13.2 Å². The first-order valence-corrected chi connectivity index (χ1v) is 18.2. The summed E-state index contributed by atoms with van der Waals surface area (Å²) in [6.45, 7) is 11.0. The molecule has 2 aliphatic rings. The van der Waals surface area contributed by atoms with Gasteiger partial charge in [-0.1, -0.05) is 45.0 Å². The molecule has 13 heteroatoms. The molecule has 50 heavy (non-hydrogen) atoms. The summed E-state index contributed by atoms with van der Waals surface area (Å²) in [5.74, 6) is -0.359. The van der Waals surface area contributed by atoms with Crippen molar-refractivity contribution in [2.24, 2.45) is 7.05 Å². The van der Waals surface area contributed by atoms with E-state index >= 15 is 0 Å². The molecule has 12 nitrogen and oxygen atoms in total. The highest BCUT2D eigenvalue weighted by Gasteiger charge is 2.36. The Morgan fingerprint density at radius 1 is 1.02 bits per heavy atom. The Bertz CT molecular complexity index is 2210. The van der Waals surface area contributed by atoms with Gasteiger partial charge in [0.2, 0.25) is 11.8 Å². The van der Waals surface area contributed by atoms with E-state index < -0.39 is 16.1 Å². The number of carbonyl (C=O) groups excluding carboxylic acids is 1. The Kier molecular flexibility index (Phi) is 8.59. The molecule has 5 heterocycles. The van der Waals surface area contributed by atoms with Gasteiger partial charge in [0.25, 0.3) is 15.9 Å². The first-order chi connectivity index (χ1) is 23.8. The quantitative estimate of drug-likeness (QED) is 0.241. The van der Waals surface area contributed by atoms with E-state index in [0.29, 0.717) is 30.1 Å². The number of nitrogens with zero attached hydrogens (tertiary/aromatic N) is 6. The van der Waals surface area contributed by atoms with E-state index in [2.05, 4.69) is 35.5 Å². The molecule has 5 aromatic rings. The molecule has 2 aromatic carbocycles. The number of aromatic nitrogens is 5. The van der Waals surface area contributed by atoms with Crippen LogP contribution in [0.1, 0.15) is 67.9 Å². The van der Waals surface area contributed by atoms with Gasteiger partial charge in [-0.15, -0.1) is 0 Å². The van der Waals surface area contributed by atoms with Gasteiger partial charge in [-0.05, 0) is 62.1 Å². The van der Waals surface area contributed by atoms with Crippen molar-refractivity contribution < 1.29 is 24.1 Å². The number of rotatable bonds is 4. The van der Waals surface area contributed by atoms with Crippen LogP contribution in [0, 0.1) is 13.8 Å². The van der Waals surface area contributed by atoms with E-state index in [0.717, 1.165) is 34.3 Å². The third-order valence-corrected chi connectivity index (χ3v) is 10.7. The minimum atomic E-state index is -4.20. The molecule has 2 aliphatic heterocycles.